The van der Waals surface area contributed by atoms with Crippen molar-refractivity contribution in [3.8, 4) is 0 Å². The Labute approximate surface area is 77.1 Å². The van der Waals surface area contributed by atoms with Gasteiger partial charge in [0.1, 0.15) is 18.0 Å². The van der Waals surface area contributed by atoms with Crippen molar-refractivity contribution in [2.45, 2.75) is 38.3 Å². The zero-order valence-corrected chi connectivity index (χ0v) is 7.91. The largest absolute Gasteiger partial charge is 0.376 e. The molecule has 0 spiro atoms. The highest BCUT2D eigenvalue weighted by Crippen LogP contribution is 2.34. The summed E-state index contributed by atoms with van der Waals surface area (Å²) < 4.78 is 16.4. The second-order valence-corrected chi connectivity index (χ2v) is 3.86. The number of fused-ring (bicyclic) bond motifs is 1. The van der Waals surface area contributed by atoms with Crippen LogP contribution in [-0.2, 0) is 19.0 Å². The molecule has 13 heavy (non-hydrogen) atoms. The van der Waals surface area contributed by atoms with Crippen molar-refractivity contribution in [1.82, 2.24) is 0 Å². The van der Waals surface area contributed by atoms with E-state index in [2.05, 4.69) is 0 Å². The highest BCUT2D eigenvalue weighted by atomic mass is 16.8. The first kappa shape index (κ1) is 9.12. The molecule has 74 valence electrons. The van der Waals surface area contributed by atoms with Crippen LogP contribution in [0.25, 0.3) is 0 Å². The number of rotatable bonds is 2. The van der Waals surface area contributed by atoms with Gasteiger partial charge >= 0.3 is 0 Å². The molecule has 0 radical (unpaired) electrons. The first-order valence-corrected chi connectivity index (χ1v) is 4.52. The third-order valence-electron chi connectivity index (χ3n) is 2.35. The van der Waals surface area contributed by atoms with Crippen molar-refractivity contribution in [1.29, 1.82) is 0 Å². The summed E-state index contributed by atoms with van der Waals surface area (Å²) in [6.45, 7) is 4.52. The van der Waals surface area contributed by atoms with Gasteiger partial charge in [-0.25, -0.2) is 0 Å². The minimum atomic E-state index is -0.717. The predicted molar refractivity (Wildman–Crippen MR) is 44.3 cm³/mol. The molecule has 2 rings (SSSR count). The summed E-state index contributed by atoms with van der Waals surface area (Å²) in [7, 11) is 0. The van der Waals surface area contributed by atoms with E-state index in [0.717, 1.165) is 0 Å². The zero-order valence-electron chi connectivity index (χ0n) is 7.91. The molecular weight excluding hydrogens is 172 g/mol. The van der Waals surface area contributed by atoms with Gasteiger partial charge in [-0.2, -0.15) is 0 Å². The molecule has 4 heteroatoms. The molecular formula is C9H14O4. The maximum atomic E-state index is 10.9. The molecule has 2 saturated heterocycles. The van der Waals surface area contributed by atoms with Gasteiger partial charge in [-0.3, -0.25) is 4.79 Å². The molecule has 0 aliphatic carbocycles. The Balaban J connectivity index is 2.00. The molecule has 2 atom stereocenters. The second-order valence-electron chi connectivity index (χ2n) is 3.86. The zero-order chi connectivity index (χ0) is 9.47. The van der Waals surface area contributed by atoms with Crippen LogP contribution >= 0.6 is 0 Å². The van der Waals surface area contributed by atoms with Gasteiger partial charge in [0.2, 0.25) is 0 Å². The Morgan fingerprint density at radius 1 is 1.38 bits per heavy atom. The molecule has 2 fully saturated rings. The molecule has 2 aliphatic rings. The van der Waals surface area contributed by atoms with E-state index in [0.29, 0.717) is 19.6 Å². The number of carbonyl (C=O) groups is 1. The van der Waals surface area contributed by atoms with E-state index in [4.69, 9.17) is 14.2 Å². The molecule has 0 amide bonds. The fourth-order valence-corrected chi connectivity index (χ4v) is 1.94. The van der Waals surface area contributed by atoms with E-state index in [1.165, 1.54) is 0 Å². The Morgan fingerprint density at radius 2 is 1.92 bits per heavy atom. The molecule has 0 bridgehead atoms. The van der Waals surface area contributed by atoms with Crippen LogP contribution in [-0.4, -0.2) is 37.0 Å². The molecule has 0 saturated carbocycles. The number of Topliss-reactive ketones (excluding diaryl/α,β-unsaturated/α-hetero) is 1. The van der Waals surface area contributed by atoms with Crippen LogP contribution in [0, 0.1) is 0 Å². The number of ether oxygens (including phenoxy) is 3. The summed E-state index contributed by atoms with van der Waals surface area (Å²) >= 11 is 0. The van der Waals surface area contributed by atoms with Crippen LogP contribution in [0.4, 0.5) is 0 Å². The first-order chi connectivity index (χ1) is 6.09. The van der Waals surface area contributed by atoms with E-state index in [9.17, 15) is 4.79 Å². The molecule has 0 aromatic carbocycles. The SMILES string of the molecule is CC(=O)CC1(C)OC2COCC2O1. The topological polar surface area (TPSA) is 44.8 Å². The molecule has 2 aliphatic heterocycles. The van der Waals surface area contributed by atoms with E-state index in [-0.39, 0.29) is 18.0 Å². The van der Waals surface area contributed by atoms with E-state index in [1.807, 2.05) is 6.92 Å². The monoisotopic (exact) mass is 186 g/mol. The number of ketones is 1. The summed E-state index contributed by atoms with van der Waals surface area (Å²) in [5.74, 6) is -0.631. The van der Waals surface area contributed by atoms with Gasteiger partial charge in [0.25, 0.3) is 0 Å². The maximum absolute atomic E-state index is 10.9. The van der Waals surface area contributed by atoms with E-state index < -0.39 is 5.79 Å². The fraction of sp³-hybridized carbons (Fsp3) is 0.889. The minimum Gasteiger partial charge on any atom is -0.376 e. The summed E-state index contributed by atoms with van der Waals surface area (Å²) in [6.07, 6.45) is 0.355. The number of hydrogen-bond donors (Lipinski definition) is 0. The molecule has 2 unspecified atom stereocenters. The smallest absolute Gasteiger partial charge is 0.173 e. The van der Waals surface area contributed by atoms with Gasteiger partial charge in [-0.05, 0) is 13.8 Å². The van der Waals surface area contributed by atoms with Crippen LogP contribution in [0.2, 0.25) is 0 Å². The van der Waals surface area contributed by atoms with Crippen LogP contribution in [0.15, 0.2) is 0 Å². The van der Waals surface area contributed by atoms with Gasteiger partial charge < -0.3 is 14.2 Å². The third-order valence-corrected chi connectivity index (χ3v) is 2.35. The molecule has 0 aromatic heterocycles. The summed E-state index contributed by atoms with van der Waals surface area (Å²) in [4.78, 5) is 10.9. The number of carbonyl (C=O) groups excluding carboxylic acids is 1. The normalized spacial score (nSPS) is 43.5. The lowest BCUT2D eigenvalue weighted by atomic mass is 10.2. The predicted octanol–water partition coefficient (Wildman–Crippen LogP) is 0.496. The first-order valence-electron chi connectivity index (χ1n) is 4.52. The second kappa shape index (κ2) is 3.04. The van der Waals surface area contributed by atoms with Crippen molar-refractivity contribution >= 4 is 5.78 Å². The van der Waals surface area contributed by atoms with Crippen LogP contribution in [0.5, 0.6) is 0 Å². The molecule has 0 N–H and O–H groups in total. The van der Waals surface area contributed by atoms with Crippen molar-refractivity contribution in [2.24, 2.45) is 0 Å². The highest BCUT2D eigenvalue weighted by molar-refractivity contribution is 5.76. The Bertz CT molecular complexity index is 214. The van der Waals surface area contributed by atoms with Crippen molar-refractivity contribution in [3.05, 3.63) is 0 Å². The summed E-state index contributed by atoms with van der Waals surface area (Å²) in [6, 6.07) is 0. The van der Waals surface area contributed by atoms with Crippen molar-refractivity contribution < 1.29 is 19.0 Å². The lowest BCUT2D eigenvalue weighted by Gasteiger charge is -2.22. The lowest BCUT2D eigenvalue weighted by molar-refractivity contribution is -0.183. The van der Waals surface area contributed by atoms with E-state index >= 15 is 0 Å². The number of hydrogen-bond acceptors (Lipinski definition) is 4. The molecule has 4 nitrogen and oxygen atoms in total. The summed E-state index contributed by atoms with van der Waals surface area (Å²) in [5, 5.41) is 0. The lowest BCUT2D eigenvalue weighted by Crippen LogP contribution is -2.30. The van der Waals surface area contributed by atoms with E-state index in [1.54, 1.807) is 6.92 Å². The Morgan fingerprint density at radius 3 is 2.38 bits per heavy atom. The Hall–Kier alpha value is -0.450. The van der Waals surface area contributed by atoms with Gasteiger partial charge in [-0.15, -0.1) is 0 Å². The quantitative estimate of drug-likeness (QED) is 0.629. The van der Waals surface area contributed by atoms with Gasteiger partial charge in [-0.1, -0.05) is 0 Å². The van der Waals surface area contributed by atoms with Gasteiger partial charge in [0, 0.05) is 0 Å². The highest BCUT2D eigenvalue weighted by Gasteiger charge is 2.47. The molecule has 2 heterocycles. The van der Waals surface area contributed by atoms with Gasteiger partial charge in [0.15, 0.2) is 5.79 Å². The molecule has 0 aromatic rings. The standard InChI is InChI=1S/C9H14O4/c1-6(10)3-9(2)12-7-4-11-5-8(7)13-9/h7-8H,3-5H2,1-2H3. The van der Waals surface area contributed by atoms with Crippen molar-refractivity contribution in [2.75, 3.05) is 13.2 Å². The van der Waals surface area contributed by atoms with Crippen LogP contribution in [0.1, 0.15) is 20.3 Å². The van der Waals surface area contributed by atoms with Crippen LogP contribution < -0.4 is 0 Å². The van der Waals surface area contributed by atoms with Gasteiger partial charge in [0.05, 0.1) is 19.6 Å². The maximum Gasteiger partial charge on any atom is 0.173 e. The third kappa shape index (κ3) is 1.75. The fourth-order valence-electron chi connectivity index (χ4n) is 1.94. The van der Waals surface area contributed by atoms with Crippen LogP contribution in [0.3, 0.4) is 0 Å². The minimum absolute atomic E-state index is 0.0179. The summed E-state index contributed by atoms with van der Waals surface area (Å²) in [5.41, 5.74) is 0. The average molecular weight is 186 g/mol. The average Bonchev–Trinajstić information content (AvgIpc) is 2.41. The Kier molecular flexibility index (Phi) is 2.14. The van der Waals surface area contributed by atoms with Crippen molar-refractivity contribution in [3.63, 3.8) is 0 Å².